The lowest BCUT2D eigenvalue weighted by Gasteiger charge is -2.14. The molecule has 4 rings (SSSR count). The quantitative estimate of drug-likeness (QED) is 0.555. The highest BCUT2D eigenvalue weighted by atomic mass is 35.5. The van der Waals surface area contributed by atoms with Crippen molar-refractivity contribution in [2.24, 2.45) is 0 Å². The van der Waals surface area contributed by atoms with E-state index in [1.54, 1.807) is 6.92 Å². The molecule has 1 aliphatic carbocycles. The van der Waals surface area contributed by atoms with E-state index in [-0.39, 0.29) is 24.9 Å². The summed E-state index contributed by atoms with van der Waals surface area (Å²) in [7, 11) is 0. The summed E-state index contributed by atoms with van der Waals surface area (Å²) in [5.74, 6) is 5.17. The van der Waals surface area contributed by atoms with Crippen LogP contribution in [0.25, 0.3) is 11.1 Å². The number of hydrogen-bond donors (Lipinski definition) is 1. The Morgan fingerprint density at radius 2 is 1.73 bits per heavy atom. The van der Waals surface area contributed by atoms with Gasteiger partial charge in [0.25, 0.3) is 0 Å². The van der Waals surface area contributed by atoms with Crippen molar-refractivity contribution in [2.45, 2.75) is 12.8 Å². The smallest absolute Gasteiger partial charge is 0.407 e. The Morgan fingerprint density at radius 3 is 2.40 bits per heavy atom. The van der Waals surface area contributed by atoms with E-state index >= 15 is 0 Å². The Hall–Kier alpha value is -3.29. The number of alkyl carbamates (subject to hydrolysis) is 1. The van der Waals surface area contributed by atoms with Gasteiger partial charge < -0.3 is 10.1 Å². The predicted molar refractivity (Wildman–Crippen MR) is 116 cm³/mol. The molecule has 0 heterocycles. The summed E-state index contributed by atoms with van der Waals surface area (Å²) in [5, 5.41) is 2.98. The molecule has 0 aliphatic heterocycles. The van der Waals surface area contributed by atoms with Crippen LogP contribution in [-0.2, 0) is 4.74 Å². The molecule has 1 aliphatic rings. The number of nitrogens with one attached hydrogen (secondary N) is 1. The van der Waals surface area contributed by atoms with Crippen LogP contribution in [0.5, 0.6) is 0 Å². The van der Waals surface area contributed by atoms with Crippen LogP contribution in [0.1, 0.15) is 28.2 Å². The summed E-state index contributed by atoms with van der Waals surface area (Å²) in [6.45, 7) is 1.95. The maximum absolute atomic E-state index is 13.6. The van der Waals surface area contributed by atoms with Crippen LogP contribution < -0.4 is 5.32 Å². The van der Waals surface area contributed by atoms with Gasteiger partial charge in [-0.3, -0.25) is 0 Å². The van der Waals surface area contributed by atoms with Gasteiger partial charge >= 0.3 is 6.09 Å². The van der Waals surface area contributed by atoms with Crippen LogP contribution in [0.15, 0.2) is 60.7 Å². The number of aryl methyl sites for hydroxylation is 1. The van der Waals surface area contributed by atoms with E-state index < -0.39 is 6.09 Å². The lowest BCUT2D eigenvalue weighted by atomic mass is 9.98. The lowest BCUT2D eigenvalue weighted by molar-refractivity contribution is 0.144. The summed E-state index contributed by atoms with van der Waals surface area (Å²) in [5.41, 5.74) is 5.51. The Labute approximate surface area is 179 Å². The van der Waals surface area contributed by atoms with Crippen LogP contribution in [-0.4, -0.2) is 19.2 Å². The largest absolute Gasteiger partial charge is 0.449 e. The first-order valence-electron chi connectivity index (χ1n) is 9.58. The number of carbonyl (C=O) groups is 1. The van der Waals surface area contributed by atoms with E-state index in [9.17, 15) is 9.18 Å². The van der Waals surface area contributed by atoms with Gasteiger partial charge in [0.15, 0.2) is 0 Å². The molecule has 0 bridgehead atoms. The molecule has 0 atom stereocenters. The molecule has 0 unspecified atom stereocenters. The van der Waals surface area contributed by atoms with E-state index in [0.717, 1.165) is 11.1 Å². The highest BCUT2D eigenvalue weighted by Crippen LogP contribution is 2.44. The van der Waals surface area contributed by atoms with Crippen LogP contribution in [0.4, 0.5) is 9.18 Å². The van der Waals surface area contributed by atoms with Gasteiger partial charge in [-0.2, -0.15) is 0 Å². The Kier molecular flexibility index (Phi) is 5.74. The molecular formula is C25H19ClFNO2. The number of halogens is 2. The number of carbonyl (C=O) groups excluding carboxylic acids is 1. The normalized spacial score (nSPS) is 11.8. The summed E-state index contributed by atoms with van der Waals surface area (Å²) in [6.07, 6.45) is -0.549. The minimum absolute atomic E-state index is 0.00331. The van der Waals surface area contributed by atoms with Crippen molar-refractivity contribution in [3.8, 4) is 23.0 Å². The summed E-state index contributed by atoms with van der Waals surface area (Å²) in [6, 6.07) is 19.1. The maximum Gasteiger partial charge on any atom is 0.407 e. The fraction of sp³-hybridized carbons (Fsp3) is 0.160. The molecule has 150 valence electrons. The minimum Gasteiger partial charge on any atom is -0.449 e. The van der Waals surface area contributed by atoms with Gasteiger partial charge in [-0.15, -0.1) is 0 Å². The SMILES string of the molecule is Cc1cc(Cl)c(C#CCNC(=O)OCC2c3ccccc3-c3ccccc32)cc1F. The van der Waals surface area contributed by atoms with Crippen molar-refractivity contribution in [2.75, 3.05) is 13.2 Å². The van der Waals surface area contributed by atoms with E-state index in [4.69, 9.17) is 16.3 Å². The van der Waals surface area contributed by atoms with Gasteiger partial charge in [-0.1, -0.05) is 72.0 Å². The zero-order chi connectivity index (χ0) is 21.1. The molecule has 30 heavy (non-hydrogen) atoms. The van der Waals surface area contributed by atoms with Crippen molar-refractivity contribution in [1.82, 2.24) is 5.32 Å². The van der Waals surface area contributed by atoms with Crippen LogP contribution in [0, 0.1) is 24.6 Å². The molecule has 3 nitrogen and oxygen atoms in total. The predicted octanol–water partition coefficient (Wildman–Crippen LogP) is 5.68. The van der Waals surface area contributed by atoms with E-state index in [1.807, 2.05) is 24.3 Å². The van der Waals surface area contributed by atoms with Gasteiger partial charge in [0.1, 0.15) is 12.4 Å². The Morgan fingerprint density at radius 1 is 1.10 bits per heavy atom. The fourth-order valence-corrected chi connectivity index (χ4v) is 3.91. The number of amides is 1. The van der Waals surface area contributed by atoms with Gasteiger partial charge in [0, 0.05) is 11.5 Å². The van der Waals surface area contributed by atoms with Crippen molar-refractivity contribution in [3.05, 3.63) is 93.8 Å². The summed E-state index contributed by atoms with van der Waals surface area (Å²) < 4.78 is 19.1. The molecule has 0 radical (unpaired) electrons. The lowest BCUT2D eigenvalue weighted by Crippen LogP contribution is -2.26. The zero-order valence-corrected chi connectivity index (χ0v) is 17.1. The second kappa shape index (κ2) is 8.61. The molecule has 0 saturated heterocycles. The van der Waals surface area contributed by atoms with Gasteiger partial charge in [0.05, 0.1) is 11.6 Å². The first-order chi connectivity index (χ1) is 14.5. The van der Waals surface area contributed by atoms with E-state index in [2.05, 4.69) is 41.4 Å². The average Bonchev–Trinajstić information content (AvgIpc) is 3.07. The first kappa shape index (κ1) is 20.0. The minimum atomic E-state index is -0.549. The molecule has 0 fully saturated rings. The summed E-state index contributed by atoms with van der Waals surface area (Å²) >= 11 is 6.07. The van der Waals surface area contributed by atoms with Gasteiger partial charge in [0.2, 0.25) is 0 Å². The molecular weight excluding hydrogens is 401 g/mol. The van der Waals surface area contributed by atoms with Crippen LogP contribution in [0.2, 0.25) is 5.02 Å². The number of ether oxygens (including phenoxy) is 1. The molecule has 1 N–H and O–H groups in total. The average molecular weight is 420 g/mol. The number of hydrogen-bond acceptors (Lipinski definition) is 2. The number of rotatable bonds is 3. The topological polar surface area (TPSA) is 38.3 Å². The second-order valence-corrected chi connectivity index (χ2v) is 7.47. The third-order valence-corrected chi connectivity index (χ3v) is 5.45. The highest BCUT2D eigenvalue weighted by Gasteiger charge is 2.28. The standard InChI is InChI=1S/C25H19ClFNO2/c1-16-13-23(26)17(14-24(16)27)7-6-12-28-25(29)30-15-22-20-10-4-2-8-18(20)19-9-3-5-11-21(19)22/h2-5,8-11,13-14,22H,12,15H2,1H3,(H,28,29). The monoisotopic (exact) mass is 419 g/mol. The second-order valence-electron chi connectivity index (χ2n) is 7.06. The van der Waals surface area contributed by atoms with E-state index in [0.29, 0.717) is 16.1 Å². The number of benzene rings is 3. The van der Waals surface area contributed by atoms with Crippen molar-refractivity contribution >= 4 is 17.7 Å². The van der Waals surface area contributed by atoms with Gasteiger partial charge in [-0.25, -0.2) is 9.18 Å². The van der Waals surface area contributed by atoms with Crippen LogP contribution >= 0.6 is 11.6 Å². The van der Waals surface area contributed by atoms with Gasteiger partial charge in [-0.05, 0) is 46.9 Å². The highest BCUT2D eigenvalue weighted by molar-refractivity contribution is 6.31. The molecule has 3 aromatic rings. The zero-order valence-electron chi connectivity index (χ0n) is 16.3. The van der Waals surface area contributed by atoms with Crippen molar-refractivity contribution in [1.29, 1.82) is 0 Å². The third-order valence-electron chi connectivity index (χ3n) is 5.14. The molecule has 0 saturated carbocycles. The maximum atomic E-state index is 13.6. The fourth-order valence-electron chi connectivity index (χ4n) is 3.65. The van der Waals surface area contributed by atoms with Crippen LogP contribution in [0.3, 0.4) is 0 Å². The summed E-state index contributed by atoms with van der Waals surface area (Å²) in [4.78, 5) is 12.1. The van der Waals surface area contributed by atoms with Crippen molar-refractivity contribution in [3.63, 3.8) is 0 Å². The first-order valence-corrected chi connectivity index (χ1v) is 9.95. The number of fused-ring (bicyclic) bond motifs is 3. The molecule has 1 amide bonds. The molecule has 0 spiro atoms. The molecule has 3 aromatic carbocycles. The third kappa shape index (κ3) is 4.03. The van der Waals surface area contributed by atoms with Crippen molar-refractivity contribution < 1.29 is 13.9 Å². The Balaban J connectivity index is 1.36. The molecule has 0 aromatic heterocycles. The molecule has 5 heteroatoms. The van der Waals surface area contributed by atoms with E-state index in [1.165, 1.54) is 23.3 Å². The Bertz CT molecular complexity index is 1130.